The van der Waals surface area contributed by atoms with Gasteiger partial charge in [0, 0.05) is 37.6 Å². The lowest BCUT2D eigenvalue weighted by Crippen LogP contribution is -2.22. The molecule has 1 fully saturated rings. The minimum absolute atomic E-state index is 0.0788. The van der Waals surface area contributed by atoms with Crippen LogP contribution in [0.1, 0.15) is 5.69 Å². The molecule has 1 amide bonds. The predicted molar refractivity (Wildman–Crippen MR) is 107 cm³/mol. The van der Waals surface area contributed by atoms with Gasteiger partial charge in [-0.2, -0.15) is 0 Å². The highest BCUT2D eigenvalue weighted by Gasteiger charge is 2.28. The van der Waals surface area contributed by atoms with Gasteiger partial charge in [0.15, 0.2) is 0 Å². The quantitative estimate of drug-likeness (QED) is 0.461. The van der Waals surface area contributed by atoms with Crippen LogP contribution in [0.4, 0.5) is 5.69 Å². The number of benzene rings is 1. The number of thiocarbonyl (C=S) groups is 1. The van der Waals surface area contributed by atoms with Crippen molar-refractivity contribution >= 4 is 68.5 Å². The van der Waals surface area contributed by atoms with E-state index in [4.69, 9.17) is 23.8 Å². The van der Waals surface area contributed by atoms with E-state index < -0.39 is 0 Å². The van der Waals surface area contributed by atoms with Crippen molar-refractivity contribution in [1.82, 2.24) is 9.88 Å². The SMILES string of the molecule is CN1C(=O)/C(=C/c2ccc3cc(N(C)CCCl)ccc3n2)SC1=S. The van der Waals surface area contributed by atoms with E-state index in [-0.39, 0.29) is 5.91 Å². The van der Waals surface area contributed by atoms with Gasteiger partial charge in [0.1, 0.15) is 4.32 Å². The molecule has 0 spiro atoms. The van der Waals surface area contributed by atoms with E-state index in [9.17, 15) is 4.79 Å². The number of anilines is 1. The molecule has 1 aromatic heterocycles. The molecular weight excluding hydrogens is 362 g/mol. The summed E-state index contributed by atoms with van der Waals surface area (Å²) in [6, 6.07) is 10.0. The van der Waals surface area contributed by atoms with E-state index in [0.717, 1.165) is 28.8 Å². The smallest absolute Gasteiger partial charge is 0.265 e. The molecule has 1 saturated heterocycles. The number of thioether (sulfide) groups is 1. The maximum absolute atomic E-state index is 12.1. The molecule has 24 heavy (non-hydrogen) atoms. The highest BCUT2D eigenvalue weighted by atomic mass is 35.5. The van der Waals surface area contributed by atoms with E-state index in [1.165, 1.54) is 16.7 Å². The number of aromatic nitrogens is 1. The normalized spacial score (nSPS) is 16.5. The van der Waals surface area contributed by atoms with Gasteiger partial charge in [0.25, 0.3) is 5.91 Å². The van der Waals surface area contributed by atoms with Crippen LogP contribution in [0.25, 0.3) is 17.0 Å². The van der Waals surface area contributed by atoms with Crippen LogP contribution in [0.5, 0.6) is 0 Å². The molecule has 0 aliphatic carbocycles. The summed E-state index contributed by atoms with van der Waals surface area (Å²) in [4.78, 5) is 20.9. The standard InChI is InChI=1S/C17H16ClN3OS2/c1-20(8-7-18)13-5-6-14-11(9-13)3-4-12(19-14)10-15-16(22)21(2)17(23)24-15/h3-6,9-10H,7-8H2,1-2H3/b15-10-. The van der Waals surface area contributed by atoms with Crippen molar-refractivity contribution in [2.75, 3.05) is 31.4 Å². The maximum atomic E-state index is 12.1. The van der Waals surface area contributed by atoms with Crippen molar-refractivity contribution in [3.63, 3.8) is 0 Å². The molecule has 0 atom stereocenters. The number of halogens is 1. The van der Waals surface area contributed by atoms with Crippen LogP contribution in [-0.2, 0) is 4.79 Å². The summed E-state index contributed by atoms with van der Waals surface area (Å²) in [7, 11) is 3.70. The summed E-state index contributed by atoms with van der Waals surface area (Å²) in [6.07, 6.45) is 1.79. The molecule has 1 aliphatic rings. The first kappa shape index (κ1) is 17.2. The third-order valence-electron chi connectivity index (χ3n) is 3.82. The average molecular weight is 378 g/mol. The zero-order valence-corrected chi connectivity index (χ0v) is 15.7. The highest BCUT2D eigenvalue weighted by Crippen LogP contribution is 2.31. The van der Waals surface area contributed by atoms with Gasteiger partial charge in [0.05, 0.1) is 16.1 Å². The van der Waals surface area contributed by atoms with E-state index in [1.807, 2.05) is 31.3 Å². The number of nitrogens with zero attached hydrogens (tertiary/aromatic N) is 3. The van der Waals surface area contributed by atoms with Crippen LogP contribution in [0.3, 0.4) is 0 Å². The Bertz CT molecular complexity index is 853. The van der Waals surface area contributed by atoms with Gasteiger partial charge in [0.2, 0.25) is 0 Å². The van der Waals surface area contributed by atoms with Crippen molar-refractivity contribution in [2.45, 2.75) is 0 Å². The maximum Gasteiger partial charge on any atom is 0.265 e. The Morgan fingerprint density at radius 1 is 1.38 bits per heavy atom. The fourth-order valence-electron chi connectivity index (χ4n) is 2.38. The Hall–Kier alpha value is -1.63. The Morgan fingerprint density at radius 3 is 2.83 bits per heavy atom. The van der Waals surface area contributed by atoms with Crippen LogP contribution in [0.2, 0.25) is 0 Å². The number of carbonyl (C=O) groups is 1. The second kappa shape index (κ2) is 7.09. The molecule has 4 nitrogen and oxygen atoms in total. The molecule has 7 heteroatoms. The molecule has 3 rings (SSSR count). The third-order valence-corrected chi connectivity index (χ3v) is 5.47. The summed E-state index contributed by atoms with van der Waals surface area (Å²) in [5.74, 6) is 0.506. The molecular formula is C17H16ClN3OS2. The van der Waals surface area contributed by atoms with Gasteiger partial charge >= 0.3 is 0 Å². The summed E-state index contributed by atoms with van der Waals surface area (Å²) in [5.41, 5.74) is 2.74. The fourth-order valence-corrected chi connectivity index (χ4v) is 3.80. The number of hydrogen-bond acceptors (Lipinski definition) is 5. The minimum atomic E-state index is -0.0788. The van der Waals surface area contributed by atoms with Crippen molar-refractivity contribution in [2.24, 2.45) is 0 Å². The minimum Gasteiger partial charge on any atom is -0.373 e. The molecule has 0 bridgehead atoms. The second-order valence-electron chi connectivity index (χ2n) is 5.46. The van der Waals surface area contributed by atoms with Crippen molar-refractivity contribution in [3.8, 4) is 0 Å². The van der Waals surface area contributed by atoms with Crippen molar-refractivity contribution < 1.29 is 4.79 Å². The number of pyridine rings is 1. The summed E-state index contributed by atoms with van der Waals surface area (Å²) in [5, 5.41) is 1.05. The van der Waals surface area contributed by atoms with E-state index in [0.29, 0.717) is 15.1 Å². The molecule has 2 heterocycles. The van der Waals surface area contributed by atoms with Gasteiger partial charge in [-0.15, -0.1) is 11.6 Å². The summed E-state index contributed by atoms with van der Waals surface area (Å²) >= 11 is 12.2. The number of hydrogen-bond donors (Lipinski definition) is 0. The highest BCUT2D eigenvalue weighted by molar-refractivity contribution is 8.26. The van der Waals surface area contributed by atoms with Crippen LogP contribution >= 0.6 is 35.6 Å². The number of amides is 1. The van der Waals surface area contributed by atoms with Gasteiger partial charge < -0.3 is 4.90 Å². The lowest BCUT2D eigenvalue weighted by atomic mass is 10.1. The average Bonchev–Trinajstić information content (AvgIpc) is 2.81. The second-order valence-corrected chi connectivity index (χ2v) is 7.52. The molecule has 1 aromatic carbocycles. The van der Waals surface area contributed by atoms with Crippen LogP contribution in [0.15, 0.2) is 35.2 Å². The fraction of sp³-hybridized carbons (Fsp3) is 0.235. The van der Waals surface area contributed by atoms with Crippen LogP contribution in [0, 0.1) is 0 Å². The van der Waals surface area contributed by atoms with Crippen molar-refractivity contribution in [1.29, 1.82) is 0 Å². The zero-order chi connectivity index (χ0) is 17.3. The summed E-state index contributed by atoms with van der Waals surface area (Å²) < 4.78 is 0.569. The molecule has 124 valence electrons. The largest absolute Gasteiger partial charge is 0.373 e. The van der Waals surface area contributed by atoms with E-state index in [2.05, 4.69) is 16.0 Å². The zero-order valence-electron chi connectivity index (χ0n) is 13.3. The Morgan fingerprint density at radius 2 is 2.17 bits per heavy atom. The number of alkyl halides is 1. The molecule has 2 aromatic rings. The van der Waals surface area contributed by atoms with Crippen molar-refractivity contribution in [3.05, 3.63) is 40.9 Å². The Balaban J connectivity index is 1.91. The third kappa shape index (κ3) is 3.41. The number of rotatable bonds is 4. The van der Waals surface area contributed by atoms with Gasteiger partial charge in [-0.1, -0.05) is 30.0 Å². The monoisotopic (exact) mass is 377 g/mol. The predicted octanol–water partition coefficient (Wildman–Crippen LogP) is 3.74. The Kier molecular flexibility index (Phi) is 5.08. The first-order valence-electron chi connectivity index (χ1n) is 7.39. The topological polar surface area (TPSA) is 36.4 Å². The Labute approximate surface area is 155 Å². The van der Waals surface area contributed by atoms with E-state index in [1.54, 1.807) is 13.1 Å². The molecule has 0 N–H and O–H groups in total. The molecule has 0 saturated carbocycles. The van der Waals surface area contributed by atoms with Gasteiger partial charge in [-0.3, -0.25) is 9.69 Å². The number of likely N-dealkylation sites (N-methyl/N-ethyl adjacent to an activating group) is 1. The number of carbonyl (C=O) groups excluding carboxylic acids is 1. The van der Waals surface area contributed by atoms with Gasteiger partial charge in [-0.05, 0) is 30.3 Å². The van der Waals surface area contributed by atoms with Crippen LogP contribution < -0.4 is 4.90 Å². The lowest BCUT2D eigenvalue weighted by Gasteiger charge is -2.18. The van der Waals surface area contributed by atoms with E-state index >= 15 is 0 Å². The summed E-state index contributed by atoms with van der Waals surface area (Å²) in [6.45, 7) is 0.789. The molecule has 1 aliphatic heterocycles. The van der Waals surface area contributed by atoms with Crippen LogP contribution in [-0.4, -0.2) is 46.6 Å². The first-order chi connectivity index (χ1) is 11.5. The van der Waals surface area contributed by atoms with Gasteiger partial charge in [-0.25, -0.2) is 4.98 Å². The first-order valence-corrected chi connectivity index (χ1v) is 9.15. The molecule has 0 radical (unpaired) electrons. The lowest BCUT2D eigenvalue weighted by molar-refractivity contribution is -0.121. The molecule has 0 unspecified atom stereocenters. The number of fused-ring (bicyclic) bond motifs is 1.